The van der Waals surface area contributed by atoms with E-state index in [-0.39, 0.29) is 16.8 Å². The van der Waals surface area contributed by atoms with Crippen LogP contribution in [-0.4, -0.2) is 21.0 Å². The van der Waals surface area contributed by atoms with E-state index in [1.807, 2.05) is 6.92 Å². The third kappa shape index (κ3) is 3.23. The summed E-state index contributed by atoms with van der Waals surface area (Å²) in [7, 11) is 0. The molecule has 0 saturated carbocycles. The van der Waals surface area contributed by atoms with Crippen molar-refractivity contribution in [3.05, 3.63) is 40.7 Å². The maximum absolute atomic E-state index is 10.9. The minimum Gasteiger partial charge on any atom is -0.478 e. The number of carbonyl (C=O) groups is 1. The number of carboxylic acids is 1. The van der Waals surface area contributed by atoms with E-state index in [0.29, 0.717) is 17.5 Å². The molecule has 0 aromatic carbocycles. The molecule has 6 nitrogen and oxygen atoms in total. The van der Waals surface area contributed by atoms with E-state index in [9.17, 15) is 4.79 Å². The topological polar surface area (TPSA) is 88.2 Å². The second-order valence-corrected chi connectivity index (χ2v) is 4.43. The quantitative estimate of drug-likeness (QED) is 0.838. The summed E-state index contributed by atoms with van der Waals surface area (Å²) in [6.45, 7) is 3.62. The molecule has 0 amide bonds. The van der Waals surface area contributed by atoms with Gasteiger partial charge in [0.15, 0.2) is 0 Å². The number of pyridine rings is 1. The smallest absolute Gasteiger partial charge is 0.335 e. The number of halogens is 1. The average molecular weight is 282 g/mol. The summed E-state index contributed by atoms with van der Waals surface area (Å²) in [5.74, 6) is 0.491. The first-order chi connectivity index (χ1) is 8.95. The van der Waals surface area contributed by atoms with Crippen molar-refractivity contribution in [2.24, 2.45) is 0 Å². The van der Waals surface area contributed by atoms with E-state index in [1.165, 1.54) is 12.1 Å². The highest BCUT2D eigenvalue weighted by Gasteiger charge is 2.14. The predicted octanol–water partition coefficient (Wildman–Crippen LogP) is 2.90. The number of hydrogen-bond donors (Lipinski definition) is 2. The molecule has 1 atom stereocenters. The van der Waals surface area contributed by atoms with Crippen LogP contribution in [0.5, 0.6) is 0 Å². The maximum Gasteiger partial charge on any atom is 0.335 e. The molecule has 0 saturated heterocycles. The Morgan fingerprint density at radius 3 is 2.84 bits per heavy atom. The molecule has 2 N–H and O–H groups in total. The van der Waals surface area contributed by atoms with Gasteiger partial charge in [-0.15, -0.1) is 0 Å². The molecule has 1 unspecified atom stereocenters. The lowest BCUT2D eigenvalue weighted by Gasteiger charge is -2.11. The molecule has 0 aliphatic carbocycles. The summed E-state index contributed by atoms with van der Waals surface area (Å²) in [4.78, 5) is 19.0. The second kappa shape index (κ2) is 5.27. The number of aromatic nitrogens is 2. The molecule has 100 valence electrons. The van der Waals surface area contributed by atoms with E-state index in [0.717, 1.165) is 0 Å². The van der Waals surface area contributed by atoms with E-state index >= 15 is 0 Å². The Morgan fingerprint density at radius 2 is 2.26 bits per heavy atom. The van der Waals surface area contributed by atoms with Gasteiger partial charge in [-0.05, 0) is 26.0 Å². The van der Waals surface area contributed by atoms with Crippen LogP contribution in [-0.2, 0) is 0 Å². The number of aromatic carboxylic acids is 1. The number of nitrogens with one attached hydrogen (secondary N) is 1. The number of rotatable bonds is 4. The van der Waals surface area contributed by atoms with Gasteiger partial charge in [0.05, 0.1) is 11.8 Å². The lowest BCUT2D eigenvalue weighted by molar-refractivity contribution is 0.0697. The van der Waals surface area contributed by atoms with Crippen LogP contribution in [0.15, 0.2) is 22.7 Å². The Labute approximate surface area is 114 Å². The van der Waals surface area contributed by atoms with Gasteiger partial charge in [0.1, 0.15) is 22.8 Å². The van der Waals surface area contributed by atoms with Gasteiger partial charge >= 0.3 is 5.97 Å². The number of oxazole rings is 1. The third-order valence-electron chi connectivity index (χ3n) is 2.42. The van der Waals surface area contributed by atoms with Crippen LogP contribution < -0.4 is 5.32 Å². The van der Waals surface area contributed by atoms with Crippen molar-refractivity contribution in [3.63, 3.8) is 0 Å². The van der Waals surface area contributed by atoms with E-state index in [1.54, 1.807) is 13.1 Å². The molecule has 19 heavy (non-hydrogen) atoms. The van der Waals surface area contributed by atoms with Crippen LogP contribution in [0.4, 0.5) is 5.82 Å². The average Bonchev–Trinajstić information content (AvgIpc) is 2.75. The Bertz CT molecular complexity index is 612. The number of aryl methyl sites for hydroxylation is 1. The van der Waals surface area contributed by atoms with Gasteiger partial charge in [0, 0.05) is 0 Å². The highest BCUT2D eigenvalue weighted by Crippen LogP contribution is 2.20. The highest BCUT2D eigenvalue weighted by molar-refractivity contribution is 6.29. The summed E-state index contributed by atoms with van der Waals surface area (Å²) >= 11 is 5.77. The second-order valence-electron chi connectivity index (χ2n) is 4.04. The Balaban J connectivity index is 2.21. The van der Waals surface area contributed by atoms with E-state index in [4.69, 9.17) is 21.1 Å². The molecule has 2 aromatic heterocycles. The molecule has 0 spiro atoms. The molecule has 2 heterocycles. The first-order valence-corrected chi connectivity index (χ1v) is 5.93. The van der Waals surface area contributed by atoms with Crippen molar-refractivity contribution in [2.75, 3.05) is 5.32 Å². The molecule has 2 rings (SSSR count). The minimum absolute atomic E-state index is 0.0679. The van der Waals surface area contributed by atoms with E-state index < -0.39 is 5.97 Å². The third-order valence-corrected chi connectivity index (χ3v) is 2.61. The summed E-state index contributed by atoms with van der Waals surface area (Å²) in [5, 5.41) is 12.0. The standard InChI is InChI=1S/C12H12ClN3O3/c1-6-5-14-11(19-6)7(2)15-10-4-8(12(17)18)3-9(13)16-10/h3-5,7H,1-2H3,(H,15,16)(H,17,18). The Morgan fingerprint density at radius 1 is 1.53 bits per heavy atom. The summed E-state index contributed by atoms with van der Waals surface area (Å²) in [6.07, 6.45) is 1.61. The first kappa shape index (κ1) is 13.4. The lowest BCUT2D eigenvalue weighted by atomic mass is 10.2. The van der Waals surface area contributed by atoms with Gasteiger partial charge in [0.2, 0.25) is 5.89 Å². The molecular weight excluding hydrogens is 270 g/mol. The number of hydrogen-bond acceptors (Lipinski definition) is 5. The molecular formula is C12H12ClN3O3. The zero-order valence-electron chi connectivity index (χ0n) is 10.3. The van der Waals surface area contributed by atoms with Crippen LogP contribution in [0.25, 0.3) is 0 Å². The predicted molar refractivity (Wildman–Crippen MR) is 69.5 cm³/mol. The van der Waals surface area contributed by atoms with Crippen LogP contribution in [0.2, 0.25) is 5.15 Å². The molecule has 7 heteroatoms. The maximum atomic E-state index is 10.9. The molecule has 0 fully saturated rings. The van der Waals surface area contributed by atoms with Gasteiger partial charge < -0.3 is 14.8 Å². The minimum atomic E-state index is -1.06. The van der Waals surface area contributed by atoms with Crippen molar-refractivity contribution in [1.29, 1.82) is 0 Å². The number of carboxylic acid groups (broad SMARTS) is 1. The van der Waals surface area contributed by atoms with Crippen LogP contribution in [0.1, 0.15) is 35.0 Å². The normalized spacial score (nSPS) is 12.2. The number of nitrogens with zero attached hydrogens (tertiary/aromatic N) is 2. The summed E-state index contributed by atoms with van der Waals surface area (Å²) < 4.78 is 5.37. The zero-order valence-corrected chi connectivity index (χ0v) is 11.1. The van der Waals surface area contributed by atoms with E-state index in [2.05, 4.69) is 15.3 Å². The number of anilines is 1. The largest absolute Gasteiger partial charge is 0.478 e. The van der Waals surface area contributed by atoms with Crippen LogP contribution >= 0.6 is 11.6 Å². The fourth-order valence-corrected chi connectivity index (χ4v) is 1.76. The Hall–Kier alpha value is -2.08. The lowest BCUT2D eigenvalue weighted by Crippen LogP contribution is -2.09. The molecule has 0 aliphatic rings. The van der Waals surface area contributed by atoms with Crippen molar-refractivity contribution in [3.8, 4) is 0 Å². The summed E-state index contributed by atoms with van der Waals surface area (Å²) in [5.41, 5.74) is 0.0679. The van der Waals surface area contributed by atoms with Crippen molar-refractivity contribution in [1.82, 2.24) is 9.97 Å². The fraction of sp³-hybridized carbons (Fsp3) is 0.250. The monoisotopic (exact) mass is 281 g/mol. The van der Waals surface area contributed by atoms with Crippen molar-refractivity contribution >= 4 is 23.4 Å². The van der Waals surface area contributed by atoms with Gasteiger partial charge in [-0.2, -0.15) is 0 Å². The zero-order chi connectivity index (χ0) is 14.0. The molecule has 0 bridgehead atoms. The Kier molecular flexibility index (Phi) is 3.71. The van der Waals surface area contributed by atoms with Gasteiger partial charge in [-0.3, -0.25) is 0 Å². The molecule has 2 aromatic rings. The fourth-order valence-electron chi connectivity index (χ4n) is 1.55. The van der Waals surface area contributed by atoms with Crippen molar-refractivity contribution in [2.45, 2.75) is 19.9 Å². The van der Waals surface area contributed by atoms with Gasteiger partial charge in [0.25, 0.3) is 0 Å². The van der Waals surface area contributed by atoms with Crippen LogP contribution in [0.3, 0.4) is 0 Å². The summed E-state index contributed by atoms with van der Waals surface area (Å²) in [6, 6.07) is 2.44. The van der Waals surface area contributed by atoms with Gasteiger partial charge in [-0.1, -0.05) is 11.6 Å². The SMILES string of the molecule is Cc1cnc(C(C)Nc2cc(C(=O)O)cc(Cl)n2)o1. The van der Waals surface area contributed by atoms with Crippen LogP contribution in [0, 0.1) is 6.92 Å². The van der Waals surface area contributed by atoms with Crippen molar-refractivity contribution < 1.29 is 14.3 Å². The first-order valence-electron chi connectivity index (χ1n) is 5.55. The molecule has 0 radical (unpaired) electrons. The van der Waals surface area contributed by atoms with Gasteiger partial charge in [-0.25, -0.2) is 14.8 Å². The molecule has 0 aliphatic heterocycles. The highest BCUT2D eigenvalue weighted by atomic mass is 35.5.